The third-order valence-electron chi connectivity index (χ3n) is 5.75. The molecule has 0 N–H and O–H groups in total. The van der Waals surface area contributed by atoms with Crippen LogP contribution in [-0.2, 0) is 6.42 Å². The molecule has 0 spiro atoms. The van der Waals surface area contributed by atoms with Crippen LogP contribution in [0.5, 0.6) is 5.75 Å². The summed E-state index contributed by atoms with van der Waals surface area (Å²) in [4.78, 5) is 14.4. The first kappa shape index (κ1) is 18.1. The highest BCUT2D eigenvalue weighted by Gasteiger charge is 2.23. The van der Waals surface area contributed by atoms with Gasteiger partial charge in [0.25, 0.3) is 0 Å². The second kappa shape index (κ2) is 8.59. The Morgan fingerprint density at radius 2 is 1.30 bits per heavy atom. The van der Waals surface area contributed by atoms with E-state index in [1.165, 1.54) is 49.7 Å². The van der Waals surface area contributed by atoms with Crippen molar-refractivity contribution in [3.8, 4) is 5.75 Å². The maximum atomic E-state index is 5.32. The summed E-state index contributed by atoms with van der Waals surface area (Å²) in [5.41, 5.74) is 2.56. The molecule has 0 radical (unpaired) electrons. The largest absolute Gasteiger partial charge is 0.497 e. The molecular formula is C22H30N4O. The molecule has 5 heteroatoms. The van der Waals surface area contributed by atoms with Crippen LogP contribution < -0.4 is 14.5 Å². The summed E-state index contributed by atoms with van der Waals surface area (Å²) in [6.45, 7) is 4.41. The Bertz CT molecular complexity index is 698. The summed E-state index contributed by atoms with van der Waals surface area (Å²) < 4.78 is 5.32. The first-order chi connectivity index (χ1) is 13.3. The molecule has 2 aliphatic heterocycles. The Morgan fingerprint density at radius 3 is 1.78 bits per heavy atom. The van der Waals surface area contributed by atoms with Crippen LogP contribution in [0.2, 0.25) is 0 Å². The molecule has 1 aromatic heterocycles. The van der Waals surface area contributed by atoms with Gasteiger partial charge in [0.1, 0.15) is 23.7 Å². The van der Waals surface area contributed by atoms with Crippen LogP contribution in [-0.4, -0.2) is 43.3 Å². The number of methoxy groups -OCH3 is 1. The molecule has 2 fully saturated rings. The zero-order chi connectivity index (χ0) is 18.5. The number of hydrogen-bond donors (Lipinski definition) is 0. The van der Waals surface area contributed by atoms with Gasteiger partial charge in [-0.15, -0.1) is 0 Å². The Kier molecular flexibility index (Phi) is 5.75. The van der Waals surface area contributed by atoms with Gasteiger partial charge in [-0.2, -0.15) is 0 Å². The van der Waals surface area contributed by atoms with E-state index in [1.807, 2.05) is 12.1 Å². The lowest BCUT2D eigenvalue weighted by Gasteiger charge is -2.33. The maximum Gasteiger partial charge on any atom is 0.137 e. The molecular weight excluding hydrogens is 336 g/mol. The predicted molar refractivity (Wildman–Crippen MR) is 110 cm³/mol. The Labute approximate surface area is 162 Å². The number of hydrogen-bond acceptors (Lipinski definition) is 5. The molecule has 2 saturated heterocycles. The monoisotopic (exact) mass is 366 g/mol. The van der Waals surface area contributed by atoms with Crippen LogP contribution in [0.15, 0.2) is 30.6 Å². The van der Waals surface area contributed by atoms with Gasteiger partial charge < -0.3 is 14.5 Å². The second-order valence-electron chi connectivity index (χ2n) is 7.62. The molecule has 0 aliphatic carbocycles. The SMILES string of the molecule is COc1ccc(Cc2c(N3CCCCC3)ncnc2N2CCCCC2)cc1. The average molecular weight is 367 g/mol. The van der Waals surface area contributed by atoms with E-state index in [0.29, 0.717) is 0 Å². The molecule has 4 rings (SSSR count). The third-order valence-corrected chi connectivity index (χ3v) is 5.75. The molecule has 2 aliphatic rings. The zero-order valence-electron chi connectivity index (χ0n) is 16.4. The molecule has 1 aromatic carbocycles. The van der Waals surface area contributed by atoms with Crippen molar-refractivity contribution in [1.82, 2.24) is 9.97 Å². The molecule has 0 unspecified atom stereocenters. The van der Waals surface area contributed by atoms with Gasteiger partial charge in [-0.25, -0.2) is 9.97 Å². The number of anilines is 2. The van der Waals surface area contributed by atoms with Crippen molar-refractivity contribution < 1.29 is 4.74 Å². The summed E-state index contributed by atoms with van der Waals surface area (Å²) in [5.74, 6) is 3.18. The number of piperidine rings is 2. The normalized spacial score (nSPS) is 17.8. The van der Waals surface area contributed by atoms with Crippen LogP contribution >= 0.6 is 0 Å². The van der Waals surface area contributed by atoms with Gasteiger partial charge in [0.15, 0.2) is 0 Å². The van der Waals surface area contributed by atoms with E-state index >= 15 is 0 Å². The predicted octanol–water partition coefficient (Wildman–Crippen LogP) is 4.06. The first-order valence-corrected chi connectivity index (χ1v) is 10.3. The summed E-state index contributed by atoms with van der Waals surface area (Å²) in [6, 6.07) is 8.40. The lowest BCUT2D eigenvalue weighted by atomic mass is 10.0. The van der Waals surface area contributed by atoms with Crippen molar-refractivity contribution in [3.05, 3.63) is 41.7 Å². The standard InChI is InChI=1S/C22H30N4O/c1-27-19-10-8-18(9-11-19)16-20-21(25-12-4-2-5-13-25)23-17-24-22(20)26-14-6-3-7-15-26/h8-11,17H,2-7,12-16H2,1H3. The van der Waals surface area contributed by atoms with E-state index in [4.69, 9.17) is 14.7 Å². The van der Waals surface area contributed by atoms with Gasteiger partial charge in [-0.1, -0.05) is 12.1 Å². The van der Waals surface area contributed by atoms with Gasteiger partial charge >= 0.3 is 0 Å². The second-order valence-corrected chi connectivity index (χ2v) is 7.62. The van der Waals surface area contributed by atoms with E-state index in [-0.39, 0.29) is 0 Å². The van der Waals surface area contributed by atoms with Crippen molar-refractivity contribution in [1.29, 1.82) is 0 Å². The van der Waals surface area contributed by atoms with E-state index in [1.54, 1.807) is 13.4 Å². The van der Waals surface area contributed by atoms with E-state index in [9.17, 15) is 0 Å². The highest BCUT2D eigenvalue weighted by Crippen LogP contribution is 2.32. The van der Waals surface area contributed by atoms with E-state index in [2.05, 4.69) is 21.9 Å². The maximum absolute atomic E-state index is 5.32. The molecule has 27 heavy (non-hydrogen) atoms. The fourth-order valence-corrected chi connectivity index (χ4v) is 4.26. The van der Waals surface area contributed by atoms with Crippen molar-refractivity contribution in [2.45, 2.75) is 44.9 Å². The van der Waals surface area contributed by atoms with Gasteiger partial charge in [0.05, 0.1) is 7.11 Å². The molecule has 0 atom stereocenters. The van der Waals surface area contributed by atoms with Crippen LogP contribution in [0, 0.1) is 0 Å². The van der Waals surface area contributed by atoms with Crippen LogP contribution in [0.3, 0.4) is 0 Å². The fourth-order valence-electron chi connectivity index (χ4n) is 4.26. The van der Waals surface area contributed by atoms with Crippen molar-refractivity contribution in [2.24, 2.45) is 0 Å². The number of rotatable bonds is 5. The van der Waals surface area contributed by atoms with Gasteiger partial charge in [0.2, 0.25) is 0 Å². The first-order valence-electron chi connectivity index (χ1n) is 10.3. The van der Waals surface area contributed by atoms with Crippen molar-refractivity contribution >= 4 is 11.6 Å². The summed E-state index contributed by atoms with van der Waals surface area (Å²) in [5, 5.41) is 0. The minimum absolute atomic E-state index is 0.864. The highest BCUT2D eigenvalue weighted by atomic mass is 16.5. The van der Waals surface area contributed by atoms with Gasteiger partial charge in [-0.3, -0.25) is 0 Å². The molecule has 144 valence electrons. The lowest BCUT2D eigenvalue weighted by Crippen LogP contribution is -2.34. The third kappa shape index (κ3) is 4.18. The lowest BCUT2D eigenvalue weighted by molar-refractivity contribution is 0.414. The molecule has 5 nitrogen and oxygen atoms in total. The van der Waals surface area contributed by atoms with Gasteiger partial charge in [0, 0.05) is 38.2 Å². The minimum atomic E-state index is 0.864. The minimum Gasteiger partial charge on any atom is -0.497 e. The van der Waals surface area contributed by atoms with Gasteiger partial charge in [-0.05, 0) is 56.2 Å². The molecule has 0 bridgehead atoms. The molecule has 2 aromatic rings. The smallest absolute Gasteiger partial charge is 0.137 e. The summed E-state index contributed by atoms with van der Waals surface area (Å²) in [6.07, 6.45) is 10.3. The van der Waals surface area contributed by atoms with Crippen molar-refractivity contribution in [3.63, 3.8) is 0 Å². The summed E-state index contributed by atoms with van der Waals surface area (Å²) >= 11 is 0. The van der Waals surface area contributed by atoms with Crippen LogP contribution in [0.25, 0.3) is 0 Å². The molecule has 0 saturated carbocycles. The highest BCUT2D eigenvalue weighted by molar-refractivity contribution is 5.62. The van der Waals surface area contributed by atoms with Crippen LogP contribution in [0.1, 0.15) is 49.7 Å². The zero-order valence-corrected chi connectivity index (χ0v) is 16.4. The van der Waals surface area contributed by atoms with E-state index < -0.39 is 0 Å². The molecule has 3 heterocycles. The Hall–Kier alpha value is -2.30. The number of ether oxygens (including phenoxy) is 1. The number of nitrogens with zero attached hydrogens (tertiary/aromatic N) is 4. The van der Waals surface area contributed by atoms with Crippen LogP contribution in [0.4, 0.5) is 11.6 Å². The quantitative estimate of drug-likeness (QED) is 0.798. The number of benzene rings is 1. The average Bonchev–Trinajstić information content (AvgIpc) is 2.76. The Balaban J connectivity index is 1.69. The fraction of sp³-hybridized carbons (Fsp3) is 0.545. The van der Waals surface area contributed by atoms with Crippen molar-refractivity contribution in [2.75, 3.05) is 43.1 Å². The topological polar surface area (TPSA) is 41.5 Å². The number of aromatic nitrogens is 2. The molecule has 0 amide bonds. The van der Waals surface area contributed by atoms with E-state index in [0.717, 1.165) is 50.0 Å². The summed E-state index contributed by atoms with van der Waals surface area (Å²) in [7, 11) is 1.71. The Morgan fingerprint density at radius 1 is 0.778 bits per heavy atom.